The van der Waals surface area contributed by atoms with E-state index in [-0.39, 0.29) is 10.6 Å². The SMILES string of the molecule is COc1ccc(S(=O)(=O)N2CCc3cc4ccccc4nc32)c(OC)c1. The molecule has 0 spiro atoms. The predicted molar refractivity (Wildman–Crippen MR) is 99.5 cm³/mol. The van der Waals surface area contributed by atoms with Crippen molar-refractivity contribution in [1.82, 2.24) is 4.98 Å². The quantitative estimate of drug-likeness (QED) is 0.706. The summed E-state index contributed by atoms with van der Waals surface area (Å²) in [6.45, 7) is 0.357. The molecule has 0 radical (unpaired) electrons. The Kier molecular flexibility index (Phi) is 3.96. The Balaban J connectivity index is 1.83. The lowest BCUT2D eigenvalue weighted by Crippen LogP contribution is -2.30. The fourth-order valence-electron chi connectivity index (χ4n) is 3.22. The average Bonchev–Trinajstić information content (AvgIpc) is 3.09. The van der Waals surface area contributed by atoms with Gasteiger partial charge in [-0.25, -0.2) is 17.7 Å². The highest BCUT2D eigenvalue weighted by Gasteiger charge is 2.34. The molecule has 0 fully saturated rings. The molecule has 1 aliphatic heterocycles. The second-order valence-corrected chi connectivity index (χ2v) is 7.84. The molecule has 134 valence electrons. The zero-order chi connectivity index (χ0) is 18.3. The summed E-state index contributed by atoms with van der Waals surface area (Å²) in [5.74, 6) is 1.27. The summed E-state index contributed by atoms with van der Waals surface area (Å²) in [7, 11) is -0.834. The van der Waals surface area contributed by atoms with E-state index in [1.54, 1.807) is 12.1 Å². The zero-order valence-electron chi connectivity index (χ0n) is 14.5. The van der Waals surface area contributed by atoms with Crippen LogP contribution < -0.4 is 13.8 Å². The molecular formula is C19H18N2O4S. The van der Waals surface area contributed by atoms with Gasteiger partial charge in [0.2, 0.25) is 0 Å². The zero-order valence-corrected chi connectivity index (χ0v) is 15.3. The highest BCUT2D eigenvalue weighted by Crippen LogP contribution is 2.37. The molecule has 26 heavy (non-hydrogen) atoms. The molecule has 7 heteroatoms. The third-order valence-corrected chi connectivity index (χ3v) is 6.37. The van der Waals surface area contributed by atoms with Crippen LogP contribution in [0.15, 0.2) is 53.4 Å². The minimum Gasteiger partial charge on any atom is -0.497 e. The van der Waals surface area contributed by atoms with Crippen LogP contribution in [0.1, 0.15) is 5.56 Å². The van der Waals surface area contributed by atoms with Crippen molar-refractivity contribution in [3.63, 3.8) is 0 Å². The number of hydrogen-bond donors (Lipinski definition) is 0. The summed E-state index contributed by atoms with van der Waals surface area (Å²) in [4.78, 5) is 4.70. The molecule has 0 unspecified atom stereocenters. The molecule has 0 atom stereocenters. The number of sulfonamides is 1. The van der Waals surface area contributed by atoms with Crippen molar-refractivity contribution in [1.29, 1.82) is 0 Å². The minimum absolute atomic E-state index is 0.101. The first kappa shape index (κ1) is 16.7. The maximum absolute atomic E-state index is 13.3. The maximum Gasteiger partial charge on any atom is 0.269 e. The van der Waals surface area contributed by atoms with Crippen LogP contribution in [0.3, 0.4) is 0 Å². The van der Waals surface area contributed by atoms with E-state index in [0.717, 1.165) is 16.5 Å². The maximum atomic E-state index is 13.3. The smallest absolute Gasteiger partial charge is 0.269 e. The van der Waals surface area contributed by atoms with Gasteiger partial charge >= 0.3 is 0 Å². The van der Waals surface area contributed by atoms with E-state index < -0.39 is 10.0 Å². The average molecular weight is 370 g/mol. The van der Waals surface area contributed by atoms with E-state index in [4.69, 9.17) is 9.47 Å². The minimum atomic E-state index is -3.80. The summed E-state index contributed by atoms with van der Waals surface area (Å²) in [6.07, 6.45) is 0.630. The molecule has 0 bridgehead atoms. The molecule has 6 nitrogen and oxygen atoms in total. The Morgan fingerprint density at radius 2 is 1.85 bits per heavy atom. The molecule has 1 aromatic heterocycles. The summed E-state index contributed by atoms with van der Waals surface area (Å²) < 4.78 is 38.4. The van der Waals surface area contributed by atoms with Gasteiger partial charge in [-0.05, 0) is 36.2 Å². The van der Waals surface area contributed by atoms with Crippen LogP contribution in [0, 0.1) is 0 Å². The molecule has 0 aliphatic carbocycles. The molecule has 3 aromatic rings. The van der Waals surface area contributed by atoms with Gasteiger partial charge in [0.25, 0.3) is 10.0 Å². The van der Waals surface area contributed by atoms with Crippen LogP contribution in [-0.4, -0.2) is 34.2 Å². The van der Waals surface area contributed by atoms with Crippen LogP contribution >= 0.6 is 0 Å². The monoisotopic (exact) mass is 370 g/mol. The van der Waals surface area contributed by atoms with Crippen molar-refractivity contribution in [2.24, 2.45) is 0 Å². The summed E-state index contributed by atoms with van der Waals surface area (Å²) in [6, 6.07) is 14.4. The number of benzene rings is 2. The van der Waals surface area contributed by atoms with E-state index in [0.29, 0.717) is 24.5 Å². The number of rotatable bonds is 4. The van der Waals surface area contributed by atoms with Crippen molar-refractivity contribution in [2.75, 3.05) is 25.1 Å². The molecule has 0 N–H and O–H groups in total. The second-order valence-electron chi connectivity index (χ2n) is 6.01. The van der Waals surface area contributed by atoms with Gasteiger partial charge in [-0.15, -0.1) is 0 Å². The van der Waals surface area contributed by atoms with E-state index in [2.05, 4.69) is 4.98 Å². The number of hydrogen-bond acceptors (Lipinski definition) is 5. The lowest BCUT2D eigenvalue weighted by Gasteiger charge is -2.20. The first-order chi connectivity index (χ1) is 12.5. The van der Waals surface area contributed by atoms with E-state index in [1.807, 2.05) is 30.3 Å². The third kappa shape index (κ3) is 2.55. The number of methoxy groups -OCH3 is 2. The molecule has 1 aliphatic rings. The Morgan fingerprint density at radius 3 is 2.62 bits per heavy atom. The lowest BCUT2D eigenvalue weighted by molar-refractivity contribution is 0.386. The summed E-state index contributed by atoms with van der Waals surface area (Å²) >= 11 is 0. The molecule has 4 rings (SSSR count). The Labute approximate surface area is 152 Å². The van der Waals surface area contributed by atoms with E-state index >= 15 is 0 Å². The van der Waals surface area contributed by atoms with E-state index in [9.17, 15) is 8.42 Å². The summed E-state index contributed by atoms with van der Waals surface area (Å²) in [5, 5.41) is 1.01. The van der Waals surface area contributed by atoms with Crippen LogP contribution in [0.4, 0.5) is 5.82 Å². The second kappa shape index (κ2) is 6.17. The largest absolute Gasteiger partial charge is 0.497 e. The van der Waals surface area contributed by atoms with Gasteiger partial charge in [-0.1, -0.05) is 18.2 Å². The Bertz CT molecular complexity index is 1100. The van der Waals surface area contributed by atoms with Gasteiger partial charge in [0.15, 0.2) is 0 Å². The van der Waals surface area contributed by atoms with Crippen molar-refractivity contribution >= 4 is 26.7 Å². The van der Waals surface area contributed by atoms with Crippen LogP contribution in [0.5, 0.6) is 11.5 Å². The number of anilines is 1. The van der Waals surface area contributed by atoms with Crippen LogP contribution in [0.2, 0.25) is 0 Å². The normalized spacial score (nSPS) is 13.7. The van der Waals surface area contributed by atoms with Crippen molar-refractivity contribution in [3.8, 4) is 11.5 Å². The van der Waals surface area contributed by atoms with Gasteiger partial charge in [0.1, 0.15) is 22.2 Å². The Morgan fingerprint density at radius 1 is 1.04 bits per heavy atom. The number of fused-ring (bicyclic) bond motifs is 2. The highest BCUT2D eigenvalue weighted by atomic mass is 32.2. The highest BCUT2D eigenvalue weighted by molar-refractivity contribution is 7.93. The molecule has 0 saturated carbocycles. The molecule has 0 amide bonds. The number of pyridine rings is 1. The topological polar surface area (TPSA) is 68.7 Å². The van der Waals surface area contributed by atoms with E-state index in [1.165, 1.54) is 24.6 Å². The predicted octanol–water partition coefficient (Wildman–Crippen LogP) is 3.00. The van der Waals surface area contributed by atoms with Crippen molar-refractivity contribution in [2.45, 2.75) is 11.3 Å². The standard InChI is InChI=1S/C19H18N2O4S/c1-24-15-7-8-18(17(12-15)25-2)26(22,23)21-10-9-14-11-13-5-3-4-6-16(13)20-19(14)21/h3-8,11-12H,9-10H2,1-2H3. The summed E-state index contributed by atoms with van der Waals surface area (Å²) in [5.41, 5.74) is 1.70. The van der Waals surface area contributed by atoms with Gasteiger partial charge in [0.05, 0.1) is 19.7 Å². The Hall–Kier alpha value is -2.80. The van der Waals surface area contributed by atoms with Crippen LogP contribution in [0.25, 0.3) is 10.9 Å². The molecular weight excluding hydrogens is 352 g/mol. The molecule has 2 heterocycles. The first-order valence-electron chi connectivity index (χ1n) is 8.18. The fourth-order valence-corrected chi connectivity index (χ4v) is 4.81. The fraction of sp³-hybridized carbons (Fsp3) is 0.211. The van der Waals surface area contributed by atoms with Crippen LogP contribution in [-0.2, 0) is 16.4 Å². The van der Waals surface area contributed by atoms with Gasteiger partial charge < -0.3 is 9.47 Å². The third-order valence-electron chi connectivity index (χ3n) is 4.54. The van der Waals surface area contributed by atoms with Crippen molar-refractivity contribution in [3.05, 3.63) is 54.1 Å². The molecule has 0 saturated heterocycles. The number of ether oxygens (including phenoxy) is 2. The number of aromatic nitrogens is 1. The molecule has 2 aromatic carbocycles. The lowest BCUT2D eigenvalue weighted by atomic mass is 10.1. The number of para-hydroxylation sites is 1. The van der Waals surface area contributed by atoms with Crippen molar-refractivity contribution < 1.29 is 17.9 Å². The van der Waals surface area contributed by atoms with Gasteiger partial charge in [0, 0.05) is 18.0 Å². The van der Waals surface area contributed by atoms with Gasteiger partial charge in [-0.2, -0.15) is 0 Å². The number of nitrogens with zero attached hydrogens (tertiary/aromatic N) is 2. The first-order valence-corrected chi connectivity index (χ1v) is 9.62. The van der Waals surface area contributed by atoms with Gasteiger partial charge in [-0.3, -0.25) is 0 Å².